The van der Waals surface area contributed by atoms with Crippen LogP contribution in [0.4, 0.5) is 5.69 Å². The number of sulfone groups is 1. The molecule has 0 unspecified atom stereocenters. The zero-order valence-corrected chi connectivity index (χ0v) is 33.2. The van der Waals surface area contributed by atoms with E-state index < -0.39 is 9.84 Å². The summed E-state index contributed by atoms with van der Waals surface area (Å²) in [6.45, 7) is 1.18. The normalized spacial score (nSPS) is 15.6. The van der Waals surface area contributed by atoms with Crippen LogP contribution in [-0.2, 0) is 22.7 Å². The fourth-order valence-corrected chi connectivity index (χ4v) is 9.19. The number of nitrogens with zero attached hydrogens (tertiary/aromatic N) is 6. The van der Waals surface area contributed by atoms with Crippen molar-refractivity contribution in [2.75, 3.05) is 42.6 Å². The van der Waals surface area contributed by atoms with Crippen molar-refractivity contribution in [2.24, 2.45) is 0 Å². The highest BCUT2D eigenvalue weighted by Crippen LogP contribution is 2.34. The molecule has 10 rings (SSSR count). The number of hydrogen-bond acceptors (Lipinski definition) is 10. The van der Waals surface area contributed by atoms with Gasteiger partial charge in [0.05, 0.1) is 50.5 Å². The number of pyridine rings is 3. The van der Waals surface area contributed by atoms with Gasteiger partial charge in [0, 0.05) is 73.6 Å². The molecule has 0 aliphatic carbocycles. The monoisotopic (exact) mass is 814 g/mol. The van der Waals surface area contributed by atoms with Gasteiger partial charge < -0.3 is 4.90 Å². The van der Waals surface area contributed by atoms with Crippen LogP contribution in [0.5, 0.6) is 0 Å². The quantitative estimate of drug-likeness (QED) is 0.157. The van der Waals surface area contributed by atoms with Crippen molar-refractivity contribution in [3.63, 3.8) is 0 Å². The molecule has 1 fully saturated rings. The second kappa shape index (κ2) is 15.9. The number of fused-ring (bicyclic) bond motifs is 4. The Labute approximate surface area is 346 Å². The Morgan fingerprint density at radius 3 is 1.58 bits per heavy atom. The van der Waals surface area contributed by atoms with Gasteiger partial charge >= 0.3 is 0 Å². The van der Waals surface area contributed by atoms with Gasteiger partial charge in [-0.25, -0.2) is 8.42 Å². The van der Waals surface area contributed by atoms with Gasteiger partial charge in [-0.1, -0.05) is 66.7 Å². The number of carbonyl (C=O) groups excluding carboxylic acids is 4. The Hall–Kier alpha value is -7.12. The summed E-state index contributed by atoms with van der Waals surface area (Å²) in [6, 6.07) is 37.9. The Morgan fingerprint density at radius 1 is 0.500 bits per heavy atom. The number of benzene rings is 4. The van der Waals surface area contributed by atoms with Gasteiger partial charge in [-0.3, -0.25) is 43.9 Å². The molecule has 12 nitrogen and oxygen atoms in total. The molecule has 0 radical (unpaired) electrons. The van der Waals surface area contributed by atoms with E-state index in [1.807, 2.05) is 102 Å². The highest BCUT2D eigenvalue weighted by atomic mass is 32.2. The molecule has 13 heteroatoms. The van der Waals surface area contributed by atoms with Gasteiger partial charge in [0.1, 0.15) is 0 Å². The first-order valence-corrected chi connectivity index (χ1v) is 21.5. The van der Waals surface area contributed by atoms with E-state index in [0.717, 1.165) is 44.3 Å². The van der Waals surface area contributed by atoms with E-state index in [1.165, 1.54) is 9.80 Å². The van der Waals surface area contributed by atoms with Crippen molar-refractivity contribution < 1.29 is 27.6 Å². The molecular formula is C47H38N6O6S. The van der Waals surface area contributed by atoms with Gasteiger partial charge in [0.25, 0.3) is 23.6 Å². The third-order valence-corrected chi connectivity index (χ3v) is 12.8. The summed E-state index contributed by atoms with van der Waals surface area (Å²) < 4.78 is 23.5. The Morgan fingerprint density at radius 2 is 1.00 bits per heavy atom. The van der Waals surface area contributed by atoms with Gasteiger partial charge in [-0.05, 0) is 65.7 Å². The van der Waals surface area contributed by atoms with Crippen LogP contribution in [0.2, 0.25) is 0 Å². The van der Waals surface area contributed by atoms with Gasteiger partial charge in [-0.15, -0.1) is 0 Å². The van der Waals surface area contributed by atoms with E-state index in [1.54, 1.807) is 36.7 Å². The maximum Gasteiger partial charge on any atom is 0.263 e. The Bertz CT molecular complexity index is 2960. The molecule has 60 heavy (non-hydrogen) atoms. The lowest BCUT2D eigenvalue weighted by atomic mass is 9.97. The first kappa shape index (κ1) is 38.4. The summed E-state index contributed by atoms with van der Waals surface area (Å²) in [5.41, 5.74) is 7.40. The minimum Gasteiger partial charge on any atom is -0.369 e. The van der Waals surface area contributed by atoms with Crippen molar-refractivity contribution >= 4 is 61.0 Å². The molecule has 3 aliphatic heterocycles. The maximum atomic E-state index is 13.2. The zero-order chi connectivity index (χ0) is 41.4. The number of aromatic nitrogens is 3. The van der Waals surface area contributed by atoms with Crippen LogP contribution in [0.1, 0.15) is 52.8 Å². The van der Waals surface area contributed by atoms with E-state index in [2.05, 4.69) is 15.0 Å². The number of amides is 4. The number of rotatable bonds is 8. The van der Waals surface area contributed by atoms with Crippen LogP contribution < -0.4 is 4.90 Å². The summed E-state index contributed by atoms with van der Waals surface area (Å²) in [5, 5.41) is 2.11. The maximum absolute atomic E-state index is 13.2. The summed E-state index contributed by atoms with van der Waals surface area (Å²) in [7, 11) is -3.04. The largest absolute Gasteiger partial charge is 0.369 e. The third kappa shape index (κ3) is 7.39. The lowest BCUT2D eigenvalue weighted by Gasteiger charge is -2.29. The molecule has 0 bridgehead atoms. The molecule has 6 heterocycles. The van der Waals surface area contributed by atoms with Crippen molar-refractivity contribution in [3.8, 4) is 11.1 Å². The summed E-state index contributed by atoms with van der Waals surface area (Å²) in [4.78, 5) is 69.9. The molecule has 4 amide bonds. The molecule has 0 saturated carbocycles. The number of hydrogen-bond donors (Lipinski definition) is 0. The van der Waals surface area contributed by atoms with E-state index >= 15 is 0 Å². The summed E-state index contributed by atoms with van der Waals surface area (Å²) >= 11 is 0. The first-order valence-electron chi connectivity index (χ1n) is 19.7. The molecular weight excluding hydrogens is 777 g/mol. The lowest BCUT2D eigenvalue weighted by Crippen LogP contribution is -2.41. The lowest BCUT2D eigenvalue weighted by molar-refractivity contribution is 0.0640. The average Bonchev–Trinajstić information content (AvgIpc) is 3.68. The molecule has 0 N–H and O–H groups in total. The number of anilines is 1. The summed E-state index contributed by atoms with van der Waals surface area (Å²) in [6.07, 6.45) is 4.34. The minimum atomic E-state index is -3.04. The van der Waals surface area contributed by atoms with Crippen LogP contribution >= 0.6 is 0 Å². The topological polar surface area (TPSA) is 151 Å². The highest BCUT2D eigenvalue weighted by Gasteiger charge is 2.39. The van der Waals surface area contributed by atoms with E-state index in [-0.39, 0.29) is 41.7 Å². The first-order chi connectivity index (χ1) is 29.1. The fraction of sp³-hybridized carbons (Fsp3) is 0.170. The average molecular weight is 815 g/mol. The molecule has 1 saturated heterocycles. The van der Waals surface area contributed by atoms with Crippen LogP contribution in [-0.4, -0.2) is 94.5 Å². The molecule has 3 aliphatic rings. The predicted molar refractivity (Wildman–Crippen MR) is 229 cm³/mol. The number of imide groups is 2. The SMILES string of the molecule is O=C1c2cccc(-c3ccncc3)c2C(=O)N1CCc1ccc2ccccc2n1.O=C1c2cccc(N3CCS(=O)(=O)CC3)c2C(=O)N1CCc1ccc2ccccc2n1. The van der Waals surface area contributed by atoms with E-state index in [0.29, 0.717) is 60.4 Å². The Balaban J connectivity index is 0.000000154. The van der Waals surface area contributed by atoms with Crippen molar-refractivity contribution in [3.05, 3.63) is 167 Å². The van der Waals surface area contributed by atoms with Crippen LogP contribution in [0, 0.1) is 0 Å². The summed E-state index contributed by atoms with van der Waals surface area (Å²) in [5.74, 6) is -1.04. The van der Waals surface area contributed by atoms with Crippen LogP contribution in [0.15, 0.2) is 134 Å². The number of carbonyl (C=O) groups is 4. The van der Waals surface area contributed by atoms with Crippen LogP contribution in [0.25, 0.3) is 32.9 Å². The van der Waals surface area contributed by atoms with Crippen molar-refractivity contribution in [2.45, 2.75) is 12.8 Å². The molecule has 0 spiro atoms. The zero-order valence-electron chi connectivity index (χ0n) is 32.4. The molecule has 7 aromatic rings. The van der Waals surface area contributed by atoms with Crippen molar-refractivity contribution in [1.82, 2.24) is 24.8 Å². The second-order valence-electron chi connectivity index (χ2n) is 14.8. The van der Waals surface area contributed by atoms with Crippen LogP contribution in [0.3, 0.4) is 0 Å². The molecule has 3 aromatic heterocycles. The standard InChI is InChI=1S/C24H17N3O2.C23H21N3O4S/c28-23-20-6-3-5-19(16-10-13-25-14-11-16)22(20)24(29)27(23)15-12-18-9-8-17-4-1-2-7-21(17)26-18;27-22-18-5-3-7-20(25-12-14-31(29,30)15-13-25)21(18)23(28)26(22)11-10-17-9-8-16-4-1-2-6-19(16)24-17/h1-11,13-14H,12,15H2;1-9H,10-15H2. The Kier molecular flexibility index (Phi) is 10.2. The molecule has 4 aromatic carbocycles. The smallest absolute Gasteiger partial charge is 0.263 e. The fourth-order valence-electron chi connectivity index (χ4n) is 7.99. The molecule has 0 atom stereocenters. The van der Waals surface area contributed by atoms with Gasteiger partial charge in [0.2, 0.25) is 0 Å². The van der Waals surface area contributed by atoms with Crippen molar-refractivity contribution in [1.29, 1.82) is 0 Å². The highest BCUT2D eigenvalue weighted by molar-refractivity contribution is 7.91. The number of para-hydroxylation sites is 2. The van der Waals surface area contributed by atoms with E-state index in [4.69, 9.17) is 0 Å². The minimum absolute atomic E-state index is 0.0517. The molecule has 298 valence electrons. The third-order valence-electron chi connectivity index (χ3n) is 11.1. The van der Waals surface area contributed by atoms with E-state index in [9.17, 15) is 27.6 Å². The predicted octanol–water partition coefficient (Wildman–Crippen LogP) is 6.44. The second-order valence-corrected chi connectivity index (χ2v) is 17.1. The van der Waals surface area contributed by atoms with Gasteiger partial charge in [0.15, 0.2) is 9.84 Å². The van der Waals surface area contributed by atoms with Gasteiger partial charge in [-0.2, -0.15) is 0 Å².